The lowest BCUT2D eigenvalue weighted by atomic mass is 9.98. The molecule has 0 aliphatic heterocycles. The molecule has 0 aliphatic rings. The van der Waals surface area contributed by atoms with Crippen LogP contribution in [-0.4, -0.2) is 9.97 Å². The van der Waals surface area contributed by atoms with E-state index in [-0.39, 0.29) is 5.82 Å². The normalized spacial score (nSPS) is 12.4. The topological polar surface area (TPSA) is 63.8 Å². The SMILES string of the molecule is Cc1ccc(C(NN)c2ccncc2F)c(C)n1. The number of halogens is 1. The third kappa shape index (κ3) is 2.37. The highest BCUT2D eigenvalue weighted by molar-refractivity contribution is 5.34. The lowest BCUT2D eigenvalue weighted by molar-refractivity contribution is 0.553. The van der Waals surface area contributed by atoms with Crippen LogP contribution in [0.4, 0.5) is 4.39 Å². The van der Waals surface area contributed by atoms with Crippen LogP contribution in [0.3, 0.4) is 0 Å². The molecule has 2 aromatic rings. The van der Waals surface area contributed by atoms with Crippen LogP contribution in [0.2, 0.25) is 0 Å². The first-order valence-corrected chi connectivity index (χ1v) is 5.63. The van der Waals surface area contributed by atoms with Crippen LogP contribution in [0, 0.1) is 19.7 Å². The molecule has 0 saturated heterocycles. The van der Waals surface area contributed by atoms with Gasteiger partial charge < -0.3 is 0 Å². The maximum Gasteiger partial charge on any atom is 0.146 e. The molecule has 5 heteroatoms. The Kier molecular flexibility index (Phi) is 3.64. The van der Waals surface area contributed by atoms with Crippen molar-refractivity contribution in [3.63, 3.8) is 0 Å². The Hall–Kier alpha value is -1.85. The summed E-state index contributed by atoms with van der Waals surface area (Å²) < 4.78 is 13.7. The molecule has 1 unspecified atom stereocenters. The van der Waals surface area contributed by atoms with Gasteiger partial charge in [0, 0.05) is 23.1 Å². The van der Waals surface area contributed by atoms with Gasteiger partial charge >= 0.3 is 0 Å². The Morgan fingerprint density at radius 2 is 2.00 bits per heavy atom. The van der Waals surface area contributed by atoms with Gasteiger partial charge in [-0.2, -0.15) is 0 Å². The number of rotatable bonds is 3. The van der Waals surface area contributed by atoms with Gasteiger partial charge in [0.15, 0.2) is 0 Å². The molecular formula is C13H15FN4. The van der Waals surface area contributed by atoms with E-state index in [9.17, 15) is 4.39 Å². The van der Waals surface area contributed by atoms with Gasteiger partial charge in [-0.15, -0.1) is 0 Å². The van der Waals surface area contributed by atoms with Gasteiger partial charge in [-0.25, -0.2) is 9.82 Å². The van der Waals surface area contributed by atoms with E-state index in [1.807, 2.05) is 26.0 Å². The average molecular weight is 246 g/mol. The Morgan fingerprint density at radius 1 is 1.22 bits per heavy atom. The number of aryl methyl sites for hydroxylation is 2. The van der Waals surface area contributed by atoms with Crippen LogP contribution in [-0.2, 0) is 0 Å². The molecule has 18 heavy (non-hydrogen) atoms. The van der Waals surface area contributed by atoms with E-state index < -0.39 is 6.04 Å². The molecule has 0 bridgehead atoms. The zero-order chi connectivity index (χ0) is 13.1. The standard InChI is InChI=1S/C13H15FN4/c1-8-3-4-10(9(2)17-8)13(18-15)11-5-6-16-7-12(11)14/h3-7,13,18H,15H2,1-2H3. The van der Waals surface area contributed by atoms with Crippen LogP contribution in [0.1, 0.15) is 28.6 Å². The maximum atomic E-state index is 13.7. The summed E-state index contributed by atoms with van der Waals surface area (Å²) in [4.78, 5) is 8.10. The zero-order valence-corrected chi connectivity index (χ0v) is 10.3. The largest absolute Gasteiger partial charge is 0.271 e. The summed E-state index contributed by atoms with van der Waals surface area (Å²) in [7, 11) is 0. The molecule has 3 N–H and O–H groups in total. The fourth-order valence-corrected chi connectivity index (χ4v) is 1.97. The molecule has 2 rings (SSSR count). The van der Waals surface area contributed by atoms with Crippen molar-refractivity contribution in [2.75, 3.05) is 0 Å². The molecule has 0 spiro atoms. The first-order chi connectivity index (χ1) is 8.63. The van der Waals surface area contributed by atoms with E-state index in [1.54, 1.807) is 12.3 Å². The van der Waals surface area contributed by atoms with Crippen LogP contribution in [0.15, 0.2) is 30.6 Å². The number of nitrogens with two attached hydrogens (primary N) is 1. The molecule has 94 valence electrons. The van der Waals surface area contributed by atoms with Gasteiger partial charge in [0.2, 0.25) is 0 Å². The summed E-state index contributed by atoms with van der Waals surface area (Å²) in [5.74, 6) is 5.16. The molecule has 0 fully saturated rings. The Labute approximate surface area is 105 Å². The van der Waals surface area contributed by atoms with Crippen molar-refractivity contribution in [1.29, 1.82) is 0 Å². The lowest BCUT2D eigenvalue weighted by Crippen LogP contribution is -2.30. The number of nitrogens with zero attached hydrogens (tertiary/aromatic N) is 2. The number of hydrogen-bond acceptors (Lipinski definition) is 4. The average Bonchev–Trinajstić information content (AvgIpc) is 2.34. The number of aromatic nitrogens is 2. The summed E-state index contributed by atoms with van der Waals surface area (Å²) in [6, 6.07) is 4.97. The molecule has 0 saturated carbocycles. The highest BCUT2D eigenvalue weighted by atomic mass is 19.1. The predicted octanol–water partition coefficient (Wildman–Crippen LogP) is 1.79. The van der Waals surface area contributed by atoms with E-state index in [2.05, 4.69) is 15.4 Å². The van der Waals surface area contributed by atoms with Gasteiger partial charge in [0.05, 0.1) is 12.2 Å². The molecule has 4 nitrogen and oxygen atoms in total. The van der Waals surface area contributed by atoms with Crippen molar-refractivity contribution >= 4 is 0 Å². The first kappa shape index (κ1) is 12.6. The second-order valence-corrected chi connectivity index (χ2v) is 4.12. The molecular weight excluding hydrogens is 231 g/mol. The Morgan fingerprint density at radius 3 is 2.61 bits per heavy atom. The molecule has 1 atom stereocenters. The van der Waals surface area contributed by atoms with E-state index in [1.165, 1.54) is 6.20 Å². The predicted molar refractivity (Wildman–Crippen MR) is 67.1 cm³/mol. The third-order valence-electron chi connectivity index (χ3n) is 2.86. The Bertz CT molecular complexity index is 556. The summed E-state index contributed by atoms with van der Waals surface area (Å²) in [5.41, 5.74) is 5.69. The van der Waals surface area contributed by atoms with Crippen LogP contribution < -0.4 is 11.3 Å². The maximum absolute atomic E-state index is 13.7. The zero-order valence-electron chi connectivity index (χ0n) is 10.3. The van der Waals surface area contributed by atoms with Gasteiger partial charge in [-0.3, -0.25) is 15.8 Å². The highest BCUT2D eigenvalue weighted by Crippen LogP contribution is 2.25. The summed E-state index contributed by atoms with van der Waals surface area (Å²) >= 11 is 0. The molecule has 2 heterocycles. The molecule has 0 radical (unpaired) electrons. The highest BCUT2D eigenvalue weighted by Gasteiger charge is 2.18. The summed E-state index contributed by atoms with van der Waals surface area (Å²) in [6.07, 6.45) is 2.72. The summed E-state index contributed by atoms with van der Waals surface area (Å²) in [6.45, 7) is 3.79. The minimum Gasteiger partial charge on any atom is -0.271 e. The van der Waals surface area contributed by atoms with E-state index in [0.29, 0.717) is 5.56 Å². The van der Waals surface area contributed by atoms with E-state index in [4.69, 9.17) is 5.84 Å². The second-order valence-electron chi connectivity index (χ2n) is 4.12. The van der Waals surface area contributed by atoms with Crippen molar-refractivity contribution in [3.05, 3.63) is 58.9 Å². The monoisotopic (exact) mass is 246 g/mol. The van der Waals surface area contributed by atoms with Crippen molar-refractivity contribution < 1.29 is 4.39 Å². The van der Waals surface area contributed by atoms with Crippen LogP contribution >= 0.6 is 0 Å². The minimum absolute atomic E-state index is 0.388. The molecule has 0 amide bonds. The fraction of sp³-hybridized carbons (Fsp3) is 0.231. The molecule has 2 aromatic heterocycles. The van der Waals surface area contributed by atoms with Gasteiger partial charge in [0.25, 0.3) is 0 Å². The van der Waals surface area contributed by atoms with Crippen LogP contribution in [0.25, 0.3) is 0 Å². The van der Waals surface area contributed by atoms with E-state index in [0.717, 1.165) is 17.0 Å². The minimum atomic E-state index is -0.430. The number of hydrogen-bond donors (Lipinski definition) is 2. The van der Waals surface area contributed by atoms with Crippen molar-refractivity contribution in [1.82, 2.24) is 15.4 Å². The second kappa shape index (κ2) is 5.20. The smallest absolute Gasteiger partial charge is 0.146 e. The lowest BCUT2D eigenvalue weighted by Gasteiger charge is -2.19. The molecule has 0 aliphatic carbocycles. The number of hydrazine groups is 1. The number of nitrogens with one attached hydrogen (secondary N) is 1. The summed E-state index contributed by atoms with van der Waals surface area (Å²) in [5, 5.41) is 0. The Balaban J connectivity index is 2.49. The fourth-order valence-electron chi connectivity index (χ4n) is 1.97. The van der Waals surface area contributed by atoms with Crippen molar-refractivity contribution in [2.45, 2.75) is 19.9 Å². The van der Waals surface area contributed by atoms with Gasteiger partial charge in [0.1, 0.15) is 5.82 Å². The van der Waals surface area contributed by atoms with Crippen molar-refractivity contribution in [3.8, 4) is 0 Å². The van der Waals surface area contributed by atoms with E-state index >= 15 is 0 Å². The van der Waals surface area contributed by atoms with Crippen molar-refractivity contribution in [2.24, 2.45) is 5.84 Å². The quantitative estimate of drug-likeness (QED) is 0.640. The third-order valence-corrected chi connectivity index (χ3v) is 2.86. The van der Waals surface area contributed by atoms with Crippen LogP contribution in [0.5, 0.6) is 0 Å². The van der Waals surface area contributed by atoms with Gasteiger partial charge in [-0.05, 0) is 31.5 Å². The number of pyridine rings is 2. The van der Waals surface area contributed by atoms with Gasteiger partial charge in [-0.1, -0.05) is 6.07 Å². The first-order valence-electron chi connectivity index (χ1n) is 5.63. The molecule has 0 aromatic carbocycles.